The molecular weight excluding hydrogens is 220 g/mol. The lowest BCUT2D eigenvalue weighted by Crippen LogP contribution is -2.45. The third-order valence-electron chi connectivity index (χ3n) is 3.49. The summed E-state index contributed by atoms with van der Waals surface area (Å²) in [5.41, 5.74) is 10.1. The standard InChI is InChI=1S/C16H28N2/c1-11-8-9-12(15(2,3)4)10-13(11)14(18-7)16(5,6)17/h8-10,14,18H,17H2,1-7H3. The molecule has 0 spiro atoms. The van der Waals surface area contributed by atoms with Gasteiger partial charge in [0.25, 0.3) is 0 Å². The van der Waals surface area contributed by atoms with E-state index < -0.39 is 0 Å². The summed E-state index contributed by atoms with van der Waals surface area (Å²) >= 11 is 0. The fourth-order valence-electron chi connectivity index (χ4n) is 2.35. The number of hydrogen-bond donors (Lipinski definition) is 2. The van der Waals surface area contributed by atoms with Crippen LogP contribution in [0.4, 0.5) is 0 Å². The topological polar surface area (TPSA) is 38.0 Å². The molecule has 0 saturated heterocycles. The molecule has 0 fully saturated rings. The van der Waals surface area contributed by atoms with Crippen molar-refractivity contribution in [2.24, 2.45) is 5.73 Å². The molecule has 1 unspecified atom stereocenters. The van der Waals surface area contributed by atoms with Crippen LogP contribution in [0, 0.1) is 6.92 Å². The molecule has 2 heteroatoms. The van der Waals surface area contributed by atoms with Gasteiger partial charge in [-0.1, -0.05) is 39.0 Å². The maximum Gasteiger partial charge on any atom is 0.0497 e. The largest absolute Gasteiger partial charge is 0.324 e. The summed E-state index contributed by atoms with van der Waals surface area (Å²) in [7, 11) is 1.97. The van der Waals surface area contributed by atoms with E-state index in [1.165, 1.54) is 16.7 Å². The van der Waals surface area contributed by atoms with Crippen molar-refractivity contribution in [2.45, 2.75) is 58.5 Å². The molecule has 0 aliphatic heterocycles. The minimum absolute atomic E-state index is 0.166. The van der Waals surface area contributed by atoms with Crippen LogP contribution in [0.3, 0.4) is 0 Å². The average Bonchev–Trinajstić information content (AvgIpc) is 2.18. The van der Waals surface area contributed by atoms with Gasteiger partial charge in [-0.15, -0.1) is 0 Å². The molecule has 2 nitrogen and oxygen atoms in total. The normalized spacial score (nSPS) is 14.7. The van der Waals surface area contributed by atoms with Gasteiger partial charge in [-0.3, -0.25) is 0 Å². The Balaban J connectivity index is 3.31. The molecule has 0 amide bonds. The monoisotopic (exact) mass is 248 g/mol. The fraction of sp³-hybridized carbons (Fsp3) is 0.625. The minimum atomic E-state index is -0.282. The first-order valence-corrected chi connectivity index (χ1v) is 6.64. The van der Waals surface area contributed by atoms with Gasteiger partial charge in [0.05, 0.1) is 0 Å². The Morgan fingerprint density at radius 1 is 1.11 bits per heavy atom. The van der Waals surface area contributed by atoms with Crippen molar-refractivity contribution >= 4 is 0 Å². The fourth-order valence-corrected chi connectivity index (χ4v) is 2.35. The smallest absolute Gasteiger partial charge is 0.0497 e. The number of likely N-dealkylation sites (N-methyl/N-ethyl adjacent to an activating group) is 1. The number of rotatable bonds is 3. The van der Waals surface area contributed by atoms with Gasteiger partial charge in [-0.25, -0.2) is 0 Å². The van der Waals surface area contributed by atoms with Crippen LogP contribution in [0.5, 0.6) is 0 Å². The Hall–Kier alpha value is -0.860. The number of hydrogen-bond acceptors (Lipinski definition) is 2. The van der Waals surface area contributed by atoms with Crippen molar-refractivity contribution in [1.29, 1.82) is 0 Å². The van der Waals surface area contributed by atoms with Gasteiger partial charge in [0.1, 0.15) is 0 Å². The molecule has 0 bridgehead atoms. The Kier molecular flexibility index (Phi) is 4.24. The molecule has 1 aromatic carbocycles. The van der Waals surface area contributed by atoms with Crippen LogP contribution in [-0.2, 0) is 5.41 Å². The highest BCUT2D eigenvalue weighted by Crippen LogP contribution is 2.30. The molecule has 0 aliphatic carbocycles. The number of nitrogens with one attached hydrogen (secondary N) is 1. The van der Waals surface area contributed by atoms with Gasteiger partial charge in [0, 0.05) is 11.6 Å². The third kappa shape index (κ3) is 3.33. The van der Waals surface area contributed by atoms with Crippen molar-refractivity contribution < 1.29 is 0 Å². The van der Waals surface area contributed by atoms with Gasteiger partial charge in [-0.2, -0.15) is 0 Å². The maximum absolute atomic E-state index is 6.29. The van der Waals surface area contributed by atoms with Crippen LogP contribution >= 0.6 is 0 Å². The van der Waals surface area contributed by atoms with E-state index in [0.717, 1.165) is 0 Å². The first-order valence-electron chi connectivity index (χ1n) is 6.64. The van der Waals surface area contributed by atoms with Gasteiger partial charge < -0.3 is 11.1 Å². The van der Waals surface area contributed by atoms with Crippen molar-refractivity contribution in [3.63, 3.8) is 0 Å². The second-order valence-corrected chi connectivity index (χ2v) is 6.86. The first kappa shape index (κ1) is 15.2. The zero-order chi connectivity index (χ0) is 14.1. The minimum Gasteiger partial charge on any atom is -0.324 e. The predicted molar refractivity (Wildman–Crippen MR) is 79.9 cm³/mol. The maximum atomic E-state index is 6.29. The van der Waals surface area contributed by atoms with E-state index in [0.29, 0.717) is 0 Å². The number of benzene rings is 1. The van der Waals surface area contributed by atoms with E-state index in [1.807, 2.05) is 7.05 Å². The SMILES string of the molecule is CNC(c1cc(C(C)(C)C)ccc1C)C(C)(C)N. The van der Waals surface area contributed by atoms with Crippen LogP contribution in [0.2, 0.25) is 0 Å². The molecule has 0 radical (unpaired) electrons. The second kappa shape index (κ2) is 5.02. The summed E-state index contributed by atoms with van der Waals surface area (Å²) in [6, 6.07) is 6.88. The highest BCUT2D eigenvalue weighted by molar-refractivity contribution is 5.37. The summed E-state index contributed by atoms with van der Waals surface area (Å²) in [4.78, 5) is 0. The van der Waals surface area contributed by atoms with E-state index in [-0.39, 0.29) is 17.0 Å². The van der Waals surface area contributed by atoms with Gasteiger partial charge >= 0.3 is 0 Å². The molecule has 0 heterocycles. The molecule has 1 rings (SSSR count). The Morgan fingerprint density at radius 3 is 2.06 bits per heavy atom. The van der Waals surface area contributed by atoms with E-state index in [9.17, 15) is 0 Å². The zero-order valence-corrected chi connectivity index (χ0v) is 12.9. The van der Waals surface area contributed by atoms with Gasteiger partial charge in [0.15, 0.2) is 0 Å². The molecule has 3 N–H and O–H groups in total. The van der Waals surface area contributed by atoms with Crippen LogP contribution in [0.25, 0.3) is 0 Å². The number of nitrogens with two attached hydrogens (primary N) is 1. The van der Waals surface area contributed by atoms with Crippen molar-refractivity contribution in [1.82, 2.24) is 5.32 Å². The summed E-state index contributed by atoms with van der Waals surface area (Å²) in [6.07, 6.45) is 0. The molecule has 1 atom stereocenters. The summed E-state index contributed by atoms with van der Waals surface area (Å²) in [6.45, 7) is 13.0. The second-order valence-electron chi connectivity index (χ2n) is 6.86. The lowest BCUT2D eigenvalue weighted by molar-refractivity contribution is 0.368. The molecule has 102 valence electrons. The van der Waals surface area contributed by atoms with Crippen molar-refractivity contribution in [2.75, 3.05) is 7.05 Å². The summed E-state index contributed by atoms with van der Waals surface area (Å²) in [5, 5.41) is 3.35. The van der Waals surface area contributed by atoms with Gasteiger partial charge in [-0.05, 0) is 49.9 Å². The highest BCUT2D eigenvalue weighted by Gasteiger charge is 2.27. The quantitative estimate of drug-likeness (QED) is 0.861. The molecule has 0 aliphatic rings. The highest BCUT2D eigenvalue weighted by atomic mass is 14.9. The predicted octanol–water partition coefficient (Wildman–Crippen LogP) is 3.29. The first-order chi connectivity index (χ1) is 8.07. The van der Waals surface area contributed by atoms with Crippen LogP contribution in [-0.4, -0.2) is 12.6 Å². The molecule has 0 saturated carbocycles. The van der Waals surface area contributed by atoms with Crippen LogP contribution in [0.1, 0.15) is 57.4 Å². The zero-order valence-electron chi connectivity index (χ0n) is 12.9. The molecular formula is C16H28N2. The lowest BCUT2D eigenvalue weighted by Gasteiger charge is -2.33. The Bertz CT molecular complexity index is 408. The van der Waals surface area contributed by atoms with Crippen LogP contribution < -0.4 is 11.1 Å². The average molecular weight is 248 g/mol. The van der Waals surface area contributed by atoms with E-state index in [1.54, 1.807) is 0 Å². The van der Waals surface area contributed by atoms with Gasteiger partial charge in [0.2, 0.25) is 0 Å². The van der Waals surface area contributed by atoms with E-state index in [2.05, 4.69) is 65.1 Å². The van der Waals surface area contributed by atoms with Crippen molar-refractivity contribution in [3.8, 4) is 0 Å². The molecule has 18 heavy (non-hydrogen) atoms. The number of aryl methyl sites for hydroxylation is 1. The summed E-state index contributed by atoms with van der Waals surface area (Å²) in [5.74, 6) is 0. The van der Waals surface area contributed by atoms with Crippen LogP contribution in [0.15, 0.2) is 18.2 Å². The Labute approximate surface area is 112 Å². The molecule has 1 aromatic rings. The summed E-state index contributed by atoms with van der Waals surface area (Å²) < 4.78 is 0. The third-order valence-corrected chi connectivity index (χ3v) is 3.49. The molecule has 0 aromatic heterocycles. The van der Waals surface area contributed by atoms with Crippen molar-refractivity contribution in [3.05, 3.63) is 34.9 Å². The van der Waals surface area contributed by atoms with E-state index in [4.69, 9.17) is 5.73 Å². The van der Waals surface area contributed by atoms with E-state index >= 15 is 0 Å². The Morgan fingerprint density at radius 2 is 1.67 bits per heavy atom. The lowest BCUT2D eigenvalue weighted by atomic mass is 9.81.